The van der Waals surface area contributed by atoms with Crippen molar-refractivity contribution in [2.45, 2.75) is 44.2 Å². The van der Waals surface area contributed by atoms with Crippen LogP contribution in [0.4, 0.5) is 4.39 Å². The zero-order valence-corrected chi connectivity index (χ0v) is 9.79. The number of rotatable bonds is 3. The molecule has 0 aliphatic heterocycles. The van der Waals surface area contributed by atoms with E-state index in [0.29, 0.717) is 19.3 Å². The van der Waals surface area contributed by atoms with Gasteiger partial charge in [0, 0.05) is 6.42 Å². The lowest BCUT2D eigenvalue weighted by atomic mass is 9.82. The minimum atomic E-state index is -1.08. The van der Waals surface area contributed by atoms with Gasteiger partial charge in [-0.05, 0) is 30.5 Å². The third-order valence-corrected chi connectivity index (χ3v) is 3.47. The van der Waals surface area contributed by atoms with E-state index in [1.807, 2.05) is 0 Å². The molecule has 0 radical (unpaired) electrons. The maximum atomic E-state index is 14.4. The molecule has 1 aliphatic rings. The number of hydrogen-bond donors (Lipinski definition) is 1. The van der Waals surface area contributed by atoms with Crippen molar-refractivity contribution in [3.05, 3.63) is 35.4 Å². The van der Waals surface area contributed by atoms with Gasteiger partial charge in [-0.25, -0.2) is 9.18 Å². The van der Waals surface area contributed by atoms with Crippen molar-refractivity contribution < 1.29 is 14.3 Å². The molecule has 0 saturated heterocycles. The van der Waals surface area contributed by atoms with Crippen molar-refractivity contribution in [2.24, 2.45) is 0 Å². The average Bonchev–Trinajstić information content (AvgIpc) is 2.30. The van der Waals surface area contributed by atoms with Crippen LogP contribution in [-0.2, 0) is 6.42 Å². The lowest BCUT2D eigenvalue weighted by Crippen LogP contribution is -2.28. The summed E-state index contributed by atoms with van der Waals surface area (Å²) < 4.78 is 14.4. The highest BCUT2D eigenvalue weighted by Crippen LogP contribution is 2.34. The second-order valence-corrected chi connectivity index (χ2v) is 4.89. The zero-order valence-electron chi connectivity index (χ0n) is 9.79. The largest absolute Gasteiger partial charge is 0.478 e. The van der Waals surface area contributed by atoms with Gasteiger partial charge in [0.05, 0.1) is 5.56 Å². The van der Waals surface area contributed by atoms with Gasteiger partial charge in [-0.15, -0.1) is 0 Å². The number of alkyl halides is 1. The molecule has 1 saturated carbocycles. The number of carboxylic acid groups (broad SMARTS) is 1. The topological polar surface area (TPSA) is 37.3 Å². The van der Waals surface area contributed by atoms with Crippen LogP contribution in [0.25, 0.3) is 0 Å². The monoisotopic (exact) mass is 236 g/mol. The van der Waals surface area contributed by atoms with Gasteiger partial charge in [-0.3, -0.25) is 0 Å². The van der Waals surface area contributed by atoms with Crippen LogP contribution in [0.2, 0.25) is 0 Å². The molecule has 1 aliphatic carbocycles. The molecule has 2 rings (SSSR count). The van der Waals surface area contributed by atoms with Gasteiger partial charge in [0.2, 0.25) is 0 Å². The molecule has 1 aromatic rings. The first-order valence-electron chi connectivity index (χ1n) is 6.10. The van der Waals surface area contributed by atoms with Crippen molar-refractivity contribution in [3.8, 4) is 0 Å². The Hall–Kier alpha value is -1.38. The number of aromatic carboxylic acids is 1. The number of halogens is 1. The van der Waals surface area contributed by atoms with E-state index < -0.39 is 11.6 Å². The van der Waals surface area contributed by atoms with E-state index in [1.165, 1.54) is 0 Å². The first kappa shape index (κ1) is 12.1. The smallest absolute Gasteiger partial charge is 0.335 e. The maximum absolute atomic E-state index is 14.4. The Labute approximate surface area is 100 Å². The Kier molecular flexibility index (Phi) is 3.46. The molecule has 17 heavy (non-hydrogen) atoms. The van der Waals surface area contributed by atoms with E-state index in [-0.39, 0.29) is 5.56 Å². The minimum absolute atomic E-state index is 0.255. The predicted octanol–water partition coefficient (Wildman–Crippen LogP) is 3.60. The van der Waals surface area contributed by atoms with Gasteiger partial charge < -0.3 is 5.11 Å². The van der Waals surface area contributed by atoms with Gasteiger partial charge in [0.25, 0.3) is 0 Å². The highest BCUT2D eigenvalue weighted by atomic mass is 19.1. The second-order valence-electron chi connectivity index (χ2n) is 4.89. The normalized spacial score (nSPS) is 18.9. The molecule has 1 aromatic carbocycles. The Balaban J connectivity index is 2.05. The van der Waals surface area contributed by atoms with Crippen LogP contribution in [0, 0.1) is 0 Å². The third-order valence-electron chi connectivity index (χ3n) is 3.47. The standard InChI is InChI=1S/C14H17FO2/c15-14(8-2-1-3-9-14)10-11-4-6-12(7-5-11)13(16)17/h4-7H,1-3,8-10H2,(H,16,17). The van der Waals surface area contributed by atoms with Crippen molar-refractivity contribution in [2.75, 3.05) is 0 Å². The van der Waals surface area contributed by atoms with Gasteiger partial charge in [-0.2, -0.15) is 0 Å². The van der Waals surface area contributed by atoms with E-state index >= 15 is 0 Å². The molecule has 0 aromatic heterocycles. The fourth-order valence-corrected chi connectivity index (χ4v) is 2.49. The van der Waals surface area contributed by atoms with Crippen LogP contribution in [-0.4, -0.2) is 16.7 Å². The van der Waals surface area contributed by atoms with Crippen molar-refractivity contribution in [3.63, 3.8) is 0 Å². The highest BCUT2D eigenvalue weighted by molar-refractivity contribution is 5.87. The molecule has 0 bridgehead atoms. The van der Waals surface area contributed by atoms with Crippen LogP contribution in [0.3, 0.4) is 0 Å². The summed E-state index contributed by atoms with van der Waals surface area (Å²) in [5.41, 5.74) is 0.0629. The summed E-state index contributed by atoms with van der Waals surface area (Å²) in [6, 6.07) is 6.53. The van der Waals surface area contributed by atoms with Gasteiger partial charge >= 0.3 is 5.97 Å². The van der Waals surface area contributed by atoms with Crippen LogP contribution in [0.5, 0.6) is 0 Å². The summed E-state index contributed by atoms with van der Waals surface area (Å²) in [6.45, 7) is 0. The SMILES string of the molecule is O=C(O)c1ccc(CC2(F)CCCCC2)cc1. The fourth-order valence-electron chi connectivity index (χ4n) is 2.49. The molecule has 0 spiro atoms. The number of carboxylic acids is 1. The first-order valence-corrected chi connectivity index (χ1v) is 6.10. The number of benzene rings is 1. The molecule has 2 nitrogen and oxygen atoms in total. The van der Waals surface area contributed by atoms with Crippen molar-refractivity contribution >= 4 is 5.97 Å². The summed E-state index contributed by atoms with van der Waals surface area (Å²) in [4.78, 5) is 10.7. The maximum Gasteiger partial charge on any atom is 0.335 e. The molecule has 0 heterocycles. The summed E-state index contributed by atoms with van der Waals surface area (Å²) in [6.07, 6.45) is 4.73. The Morgan fingerprint density at radius 2 is 1.76 bits per heavy atom. The summed E-state index contributed by atoms with van der Waals surface area (Å²) >= 11 is 0. The van der Waals surface area contributed by atoms with Crippen LogP contribution in [0.1, 0.15) is 48.0 Å². The first-order chi connectivity index (χ1) is 8.09. The van der Waals surface area contributed by atoms with Crippen LogP contribution in [0.15, 0.2) is 24.3 Å². The summed E-state index contributed by atoms with van der Waals surface area (Å²) in [7, 11) is 0. The third kappa shape index (κ3) is 3.05. The Morgan fingerprint density at radius 3 is 2.29 bits per heavy atom. The molecule has 1 fully saturated rings. The lowest BCUT2D eigenvalue weighted by molar-refractivity contribution is 0.0697. The summed E-state index contributed by atoms with van der Waals surface area (Å²) in [5, 5.41) is 8.77. The highest BCUT2D eigenvalue weighted by Gasteiger charge is 2.31. The van der Waals surface area contributed by atoms with Crippen LogP contribution >= 0.6 is 0 Å². The number of hydrogen-bond acceptors (Lipinski definition) is 1. The molecule has 0 unspecified atom stereocenters. The van der Waals surface area contributed by atoms with Gasteiger partial charge in [-0.1, -0.05) is 31.4 Å². The van der Waals surface area contributed by atoms with E-state index in [9.17, 15) is 9.18 Å². The second kappa shape index (κ2) is 4.86. The molecule has 3 heteroatoms. The fraction of sp³-hybridized carbons (Fsp3) is 0.500. The molecule has 92 valence electrons. The molecule has 1 N–H and O–H groups in total. The Morgan fingerprint density at radius 1 is 1.18 bits per heavy atom. The summed E-state index contributed by atoms with van der Waals surface area (Å²) in [5.74, 6) is -0.941. The zero-order chi connectivity index (χ0) is 12.3. The predicted molar refractivity (Wildman–Crippen MR) is 64.0 cm³/mol. The molecular weight excluding hydrogens is 219 g/mol. The van der Waals surface area contributed by atoms with E-state index in [4.69, 9.17) is 5.11 Å². The molecule has 0 atom stereocenters. The average molecular weight is 236 g/mol. The lowest BCUT2D eigenvalue weighted by Gasteiger charge is -2.29. The minimum Gasteiger partial charge on any atom is -0.478 e. The Bertz CT molecular complexity index is 391. The van der Waals surface area contributed by atoms with Gasteiger partial charge in [0.1, 0.15) is 5.67 Å². The van der Waals surface area contributed by atoms with Crippen LogP contribution < -0.4 is 0 Å². The molecular formula is C14H17FO2. The molecule has 0 amide bonds. The number of carbonyl (C=O) groups is 1. The van der Waals surface area contributed by atoms with Crippen molar-refractivity contribution in [1.82, 2.24) is 0 Å². The van der Waals surface area contributed by atoms with Gasteiger partial charge in [0.15, 0.2) is 0 Å². The quantitative estimate of drug-likeness (QED) is 0.870. The van der Waals surface area contributed by atoms with E-state index in [1.54, 1.807) is 24.3 Å². The van der Waals surface area contributed by atoms with Crippen molar-refractivity contribution in [1.29, 1.82) is 0 Å². The van der Waals surface area contributed by atoms with E-state index in [0.717, 1.165) is 24.8 Å². The van der Waals surface area contributed by atoms with E-state index in [2.05, 4.69) is 0 Å².